The fourth-order valence-corrected chi connectivity index (χ4v) is 1.33. The summed E-state index contributed by atoms with van der Waals surface area (Å²) in [5.41, 5.74) is 1.01. The lowest BCUT2D eigenvalue weighted by Gasteiger charge is -2.15. The van der Waals surface area contributed by atoms with Crippen molar-refractivity contribution in [2.24, 2.45) is 0 Å². The summed E-state index contributed by atoms with van der Waals surface area (Å²) in [7, 11) is 1.25. The molecule has 0 saturated carbocycles. The van der Waals surface area contributed by atoms with Gasteiger partial charge < -0.3 is 14.8 Å². The number of Topliss-reactive ketones (excluding diaryl/α,β-unsaturated/α-hetero) is 1. The molecule has 18 heavy (non-hydrogen) atoms. The second-order valence-corrected chi connectivity index (χ2v) is 3.80. The minimum Gasteiger partial charge on any atom is -0.453 e. The average molecular weight is 251 g/mol. The van der Waals surface area contributed by atoms with E-state index in [1.807, 2.05) is 30.3 Å². The number of benzene rings is 1. The Morgan fingerprint density at radius 3 is 2.50 bits per heavy atom. The van der Waals surface area contributed by atoms with Gasteiger partial charge in [0, 0.05) is 0 Å². The highest BCUT2D eigenvalue weighted by Crippen LogP contribution is 2.01. The fraction of sp³-hybridized carbons (Fsp3) is 0.385. The lowest BCUT2D eigenvalue weighted by molar-refractivity contribution is -0.120. The van der Waals surface area contributed by atoms with Crippen molar-refractivity contribution in [2.75, 3.05) is 13.7 Å². The molecule has 0 aliphatic rings. The van der Waals surface area contributed by atoms with E-state index in [2.05, 4.69) is 10.1 Å². The van der Waals surface area contributed by atoms with E-state index in [1.54, 1.807) is 0 Å². The van der Waals surface area contributed by atoms with Crippen molar-refractivity contribution >= 4 is 11.9 Å². The van der Waals surface area contributed by atoms with Gasteiger partial charge in [-0.25, -0.2) is 4.79 Å². The molecular formula is C13H17NO4. The highest BCUT2D eigenvalue weighted by atomic mass is 16.5. The lowest BCUT2D eigenvalue weighted by atomic mass is 10.2. The molecule has 0 spiro atoms. The maximum Gasteiger partial charge on any atom is 0.407 e. The molecule has 5 heteroatoms. The maximum absolute atomic E-state index is 11.3. The van der Waals surface area contributed by atoms with Crippen molar-refractivity contribution in [3.63, 3.8) is 0 Å². The first-order valence-electron chi connectivity index (χ1n) is 5.60. The zero-order chi connectivity index (χ0) is 13.4. The Kier molecular flexibility index (Phi) is 5.87. The van der Waals surface area contributed by atoms with E-state index in [0.29, 0.717) is 6.61 Å². The zero-order valence-electron chi connectivity index (χ0n) is 10.5. The summed E-state index contributed by atoms with van der Waals surface area (Å²) in [6.07, 6.45) is -0.640. The minimum atomic E-state index is -0.679. The summed E-state index contributed by atoms with van der Waals surface area (Å²) in [6.45, 7) is 1.92. The van der Waals surface area contributed by atoms with Gasteiger partial charge in [-0.1, -0.05) is 30.3 Å². The molecule has 0 unspecified atom stereocenters. The molecule has 0 saturated heterocycles. The molecule has 0 aromatic heterocycles. The van der Waals surface area contributed by atoms with Crippen LogP contribution in [0.1, 0.15) is 12.5 Å². The molecule has 0 bridgehead atoms. The molecule has 0 fully saturated rings. The molecule has 98 valence electrons. The molecule has 5 nitrogen and oxygen atoms in total. The summed E-state index contributed by atoms with van der Waals surface area (Å²) in [5, 5.41) is 2.42. The van der Waals surface area contributed by atoms with Gasteiger partial charge in [0.05, 0.1) is 20.3 Å². The van der Waals surface area contributed by atoms with Gasteiger partial charge >= 0.3 is 6.09 Å². The second kappa shape index (κ2) is 7.45. The molecule has 0 radical (unpaired) electrons. The first-order chi connectivity index (χ1) is 8.63. The monoisotopic (exact) mass is 251 g/mol. The SMILES string of the molecule is COC(=O)N[C@@H](COCc1ccccc1)C(C)=O. The fourth-order valence-electron chi connectivity index (χ4n) is 1.33. The molecule has 1 N–H and O–H groups in total. The Hall–Kier alpha value is -1.88. The molecule has 1 aromatic carbocycles. The maximum atomic E-state index is 11.3. The third-order valence-electron chi connectivity index (χ3n) is 2.36. The number of ketones is 1. The predicted molar refractivity (Wildman–Crippen MR) is 66.1 cm³/mol. The molecule has 1 atom stereocenters. The summed E-state index contributed by atoms with van der Waals surface area (Å²) in [6, 6.07) is 8.91. The smallest absolute Gasteiger partial charge is 0.407 e. The van der Waals surface area contributed by atoms with Gasteiger partial charge in [-0.2, -0.15) is 0 Å². The first kappa shape index (κ1) is 14.2. The van der Waals surface area contributed by atoms with Crippen LogP contribution in [0.5, 0.6) is 0 Å². The van der Waals surface area contributed by atoms with Gasteiger partial charge in [-0.05, 0) is 12.5 Å². The van der Waals surface area contributed by atoms with Crippen LogP contribution < -0.4 is 5.32 Å². The molecule has 1 aromatic rings. The number of nitrogens with one attached hydrogen (secondary N) is 1. The van der Waals surface area contributed by atoms with Crippen LogP contribution >= 0.6 is 0 Å². The van der Waals surface area contributed by atoms with Crippen LogP contribution in [0.2, 0.25) is 0 Å². The molecular weight excluding hydrogens is 234 g/mol. The van der Waals surface area contributed by atoms with Gasteiger partial charge in [0.2, 0.25) is 0 Å². The summed E-state index contributed by atoms with van der Waals surface area (Å²) in [4.78, 5) is 22.3. The highest BCUT2D eigenvalue weighted by molar-refractivity contribution is 5.85. The topological polar surface area (TPSA) is 64.6 Å². The highest BCUT2D eigenvalue weighted by Gasteiger charge is 2.17. The number of amides is 1. The molecule has 0 aliphatic heterocycles. The van der Waals surface area contributed by atoms with E-state index >= 15 is 0 Å². The third-order valence-corrected chi connectivity index (χ3v) is 2.36. The van der Waals surface area contributed by atoms with Gasteiger partial charge in [-0.3, -0.25) is 4.79 Å². The van der Waals surface area contributed by atoms with E-state index in [1.165, 1.54) is 14.0 Å². The Labute approximate surface area is 106 Å². The Morgan fingerprint density at radius 2 is 1.94 bits per heavy atom. The van der Waals surface area contributed by atoms with Crippen molar-refractivity contribution in [1.29, 1.82) is 0 Å². The number of alkyl carbamates (subject to hydrolysis) is 1. The molecule has 1 amide bonds. The average Bonchev–Trinajstić information content (AvgIpc) is 2.38. The van der Waals surface area contributed by atoms with E-state index < -0.39 is 12.1 Å². The summed E-state index contributed by atoms with van der Waals surface area (Å²) >= 11 is 0. The Morgan fingerprint density at radius 1 is 1.28 bits per heavy atom. The minimum absolute atomic E-state index is 0.124. The van der Waals surface area contributed by atoms with E-state index in [-0.39, 0.29) is 12.4 Å². The van der Waals surface area contributed by atoms with Gasteiger partial charge in [0.25, 0.3) is 0 Å². The van der Waals surface area contributed by atoms with Crippen LogP contribution in [0.3, 0.4) is 0 Å². The third kappa shape index (κ3) is 4.97. The number of carbonyl (C=O) groups is 2. The predicted octanol–water partition coefficient (Wildman–Crippen LogP) is 1.52. The number of rotatable bonds is 6. The van der Waals surface area contributed by atoms with Crippen LogP contribution in [0, 0.1) is 0 Å². The van der Waals surface area contributed by atoms with Crippen molar-refractivity contribution in [1.82, 2.24) is 5.32 Å². The Balaban J connectivity index is 2.38. The first-order valence-corrected chi connectivity index (χ1v) is 5.60. The summed E-state index contributed by atoms with van der Waals surface area (Å²) < 4.78 is 9.84. The quantitative estimate of drug-likeness (QED) is 0.832. The zero-order valence-corrected chi connectivity index (χ0v) is 10.5. The van der Waals surface area contributed by atoms with Crippen LogP contribution in [-0.2, 0) is 20.9 Å². The van der Waals surface area contributed by atoms with E-state index in [0.717, 1.165) is 5.56 Å². The second-order valence-electron chi connectivity index (χ2n) is 3.80. The largest absolute Gasteiger partial charge is 0.453 e. The molecule has 1 rings (SSSR count). The molecule has 0 heterocycles. The standard InChI is InChI=1S/C13H17NO4/c1-10(15)12(14-13(16)17-2)9-18-8-11-6-4-3-5-7-11/h3-7,12H,8-9H2,1-2H3,(H,14,16)/t12-/m0/s1. The van der Waals surface area contributed by atoms with E-state index in [9.17, 15) is 9.59 Å². The van der Waals surface area contributed by atoms with Crippen LogP contribution in [0.15, 0.2) is 30.3 Å². The number of methoxy groups -OCH3 is 1. The van der Waals surface area contributed by atoms with Crippen molar-refractivity contribution in [3.8, 4) is 0 Å². The molecule has 0 aliphatic carbocycles. The van der Waals surface area contributed by atoms with Crippen molar-refractivity contribution in [2.45, 2.75) is 19.6 Å². The van der Waals surface area contributed by atoms with Gasteiger partial charge in [0.15, 0.2) is 5.78 Å². The van der Waals surface area contributed by atoms with Crippen LogP contribution in [-0.4, -0.2) is 31.6 Å². The van der Waals surface area contributed by atoms with Crippen molar-refractivity contribution < 1.29 is 19.1 Å². The number of ether oxygens (including phenoxy) is 2. The summed E-state index contributed by atoms with van der Waals surface area (Å²) in [5.74, 6) is -0.173. The van der Waals surface area contributed by atoms with Crippen molar-refractivity contribution in [3.05, 3.63) is 35.9 Å². The normalized spacial score (nSPS) is 11.7. The lowest BCUT2D eigenvalue weighted by Crippen LogP contribution is -2.42. The van der Waals surface area contributed by atoms with Gasteiger partial charge in [0.1, 0.15) is 6.04 Å². The number of carbonyl (C=O) groups excluding carboxylic acids is 2. The number of hydrogen-bond acceptors (Lipinski definition) is 4. The van der Waals surface area contributed by atoms with Crippen LogP contribution in [0.25, 0.3) is 0 Å². The van der Waals surface area contributed by atoms with Crippen LogP contribution in [0.4, 0.5) is 4.79 Å². The van der Waals surface area contributed by atoms with E-state index in [4.69, 9.17) is 4.74 Å². The van der Waals surface area contributed by atoms with Gasteiger partial charge in [-0.15, -0.1) is 0 Å². The Bertz CT molecular complexity index is 391. The number of hydrogen-bond donors (Lipinski definition) is 1.